The Morgan fingerprint density at radius 2 is 1.40 bits per heavy atom. The van der Waals surface area contributed by atoms with Gasteiger partial charge in [0.25, 0.3) is 0 Å². The fourth-order valence-corrected chi connectivity index (χ4v) is 6.81. The molecule has 2 aromatic heterocycles. The average molecular weight is 431 g/mol. The Hall–Kier alpha value is -0.900. The topological polar surface area (TPSA) is 0 Å². The summed E-state index contributed by atoms with van der Waals surface area (Å²) in [6, 6.07) is 13.8. The van der Waals surface area contributed by atoms with Crippen molar-refractivity contribution in [2.24, 2.45) is 0 Å². The molecule has 130 valence electrons. The third-order valence-electron chi connectivity index (χ3n) is 4.93. The molecule has 4 rings (SSSR count). The van der Waals surface area contributed by atoms with Crippen molar-refractivity contribution in [1.82, 2.24) is 0 Å². The number of fused-ring (bicyclic) bond motifs is 5. The molecule has 0 atom stereocenters. The van der Waals surface area contributed by atoms with Gasteiger partial charge in [0.1, 0.15) is 0 Å². The maximum Gasteiger partial charge on any atom is 0.0542 e. The Kier molecular flexibility index (Phi) is 5.44. The van der Waals surface area contributed by atoms with Gasteiger partial charge in [-0.15, -0.1) is 22.7 Å². The van der Waals surface area contributed by atoms with Gasteiger partial charge in [-0.2, -0.15) is 0 Å². The highest BCUT2D eigenvalue weighted by Crippen LogP contribution is 2.44. The van der Waals surface area contributed by atoms with Crippen molar-refractivity contribution >= 4 is 68.2 Å². The van der Waals surface area contributed by atoms with E-state index in [4.69, 9.17) is 0 Å². The van der Waals surface area contributed by atoms with Crippen LogP contribution in [0.4, 0.5) is 0 Å². The van der Waals surface area contributed by atoms with Crippen molar-refractivity contribution in [2.75, 3.05) is 0 Å². The Bertz CT molecular complexity index is 1010. The molecule has 0 saturated heterocycles. The minimum atomic E-state index is 1.17. The molecule has 0 aliphatic rings. The fraction of sp³-hybridized carbons (Fsp3) is 0.364. The summed E-state index contributed by atoms with van der Waals surface area (Å²) in [6.07, 6.45) is 9.44. The van der Waals surface area contributed by atoms with E-state index in [9.17, 15) is 0 Å². The fourth-order valence-electron chi connectivity index (χ4n) is 3.54. The molecule has 0 radical (unpaired) electrons. The first kappa shape index (κ1) is 17.5. The van der Waals surface area contributed by atoms with Crippen LogP contribution < -0.4 is 0 Å². The summed E-state index contributed by atoms with van der Waals surface area (Å²) in [6.45, 7) is 2.28. The smallest absolute Gasteiger partial charge is 0.0542 e. The van der Waals surface area contributed by atoms with Crippen LogP contribution in [0.15, 0.2) is 40.9 Å². The lowest BCUT2D eigenvalue weighted by Gasteiger charge is -2.02. The summed E-state index contributed by atoms with van der Waals surface area (Å²) >= 11 is 7.48. The molecule has 0 aliphatic carbocycles. The first-order chi connectivity index (χ1) is 12.3. The number of hydrogen-bond donors (Lipinski definition) is 0. The molecular weight excluding hydrogens is 408 g/mol. The maximum atomic E-state index is 3.59. The van der Waals surface area contributed by atoms with Crippen molar-refractivity contribution < 1.29 is 0 Å². The molecule has 0 nitrogen and oxygen atoms in total. The number of benzene rings is 2. The molecule has 3 heteroatoms. The number of rotatable bonds is 7. The largest absolute Gasteiger partial charge is 0.134 e. The van der Waals surface area contributed by atoms with Gasteiger partial charge >= 0.3 is 0 Å². The summed E-state index contributed by atoms with van der Waals surface area (Å²) in [5, 5.41) is 2.84. The highest BCUT2D eigenvalue weighted by atomic mass is 79.9. The normalized spacial score (nSPS) is 11.9. The molecule has 0 aliphatic heterocycles. The molecule has 2 aromatic carbocycles. The van der Waals surface area contributed by atoms with Gasteiger partial charge in [-0.1, -0.05) is 73.2 Å². The van der Waals surface area contributed by atoms with Crippen molar-refractivity contribution in [3.63, 3.8) is 0 Å². The lowest BCUT2D eigenvalue weighted by Crippen LogP contribution is -1.85. The second-order valence-corrected chi connectivity index (χ2v) is 9.87. The number of unbranched alkanes of at least 4 members (excludes halogenated alkanes) is 5. The van der Waals surface area contributed by atoms with Crippen molar-refractivity contribution in [2.45, 2.75) is 51.9 Å². The van der Waals surface area contributed by atoms with Gasteiger partial charge in [0.05, 0.1) is 9.40 Å². The van der Waals surface area contributed by atoms with Gasteiger partial charge in [-0.05, 0) is 36.6 Å². The van der Waals surface area contributed by atoms with Crippen LogP contribution >= 0.6 is 38.6 Å². The van der Waals surface area contributed by atoms with Gasteiger partial charge < -0.3 is 0 Å². The molecule has 0 bridgehead atoms. The first-order valence-corrected chi connectivity index (χ1v) is 11.7. The maximum absolute atomic E-state index is 3.59. The molecule has 0 saturated carbocycles. The van der Waals surface area contributed by atoms with E-state index in [0.717, 1.165) is 0 Å². The first-order valence-electron chi connectivity index (χ1n) is 9.29. The summed E-state index contributed by atoms with van der Waals surface area (Å²) in [5.74, 6) is 0. The zero-order valence-corrected chi connectivity index (χ0v) is 17.8. The Morgan fingerprint density at radius 1 is 0.760 bits per heavy atom. The minimum absolute atomic E-state index is 1.17. The van der Waals surface area contributed by atoms with Gasteiger partial charge in [0, 0.05) is 24.6 Å². The van der Waals surface area contributed by atoms with Gasteiger partial charge in [-0.25, -0.2) is 0 Å². The van der Waals surface area contributed by atoms with Crippen LogP contribution in [-0.2, 0) is 6.42 Å². The molecular formula is C22H23BrS2. The van der Waals surface area contributed by atoms with Crippen LogP contribution in [0.1, 0.15) is 51.0 Å². The summed E-state index contributed by atoms with van der Waals surface area (Å²) < 4.78 is 6.92. The van der Waals surface area contributed by atoms with Crippen LogP contribution in [0.2, 0.25) is 0 Å². The molecule has 0 fully saturated rings. The van der Waals surface area contributed by atoms with E-state index in [1.54, 1.807) is 0 Å². The Labute approximate surface area is 166 Å². The predicted molar refractivity (Wildman–Crippen MR) is 119 cm³/mol. The van der Waals surface area contributed by atoms with Crippen LogP contribution in [0, 0.1) is 0 Å². The molecule has 2 heterocycles. The number of hydrogen-bond acceptors (Lipinski definition) is 2. The third kappa shape index (κ3) is 3.65. The molecule has 0 amide bonds. The molecule has 0 unspecified atom stereocenters. The van der Waals surface area contributed by atoms with Gasteiger partial charge in [0.2, 0.25) is 0 Å². The van der Waals surface area contributed by atoms with Gasteiger partial charge in [-0.3, -0.25) is 0 Å². The number of halogens is 1. The van der Waals surface area contributed by atoms with E-state index in [2.05, 4.69) is 59.3 Å². The SMILES string of the molecule is CCCCCCCCc1ccc2c(c1)sc1c3ccc(Br)cc3sc21. The van der Waals surface area contributed by atoms with Gasteiger partial charge in [0.15, 0.2) is 0 Å². The summed E-state index contributed by atoms with van der Waals surface area (Å²) in [5.41, 5.74) is 1.50. The number of thiophene rings is 2. The molecule has 0 N–H and O–H groups in total. The van der Waals surface area contributed by atoms with Crippen molar-refractivity contribution in [3.8, 4) is 0 Å². The van der Waals surface area contributed by atoms with Crippen LogP contribution in [0.5, 0.6) is 0 Å². The van der Waals surface area contributed by atoms with E-state index >= 15 is 0 Å². The van der Waals surface area contributed by atoms with E-state index < -0.39 is 0 Å². The van der Waals surface area contributed by atoms with Crippen molar-refractivity contribution in [3.05, 3.63) is 46.4 Å². The monoisotopic (exact) mass is 430 g/mol. The average Bonchev–Trinajstić information content (AvgIpc) is 3.12. The third-order valence-corrected chi connectivity index (χ3v) is 7.92. The van der Waals surface area contributed by atoms with E-state index in [-0.39, 0.29) is 0 Å². The van der Waals surface area contributed by atoms with Crippen LogP contribution in [-0.4, -0.2) is 0 Å². The zero-order chi connectivity index (χ0) is 17.2. The Morgan fingerprint density at radius 3 is 2.16 bits per heavy atom. The highest BCUT2D eigenvalue weighted by molar-refractivity contribution is 9.10. The predicted octanol–water partition coefficient (Wildman–Crippen LogP) is 8.93. The summed E-state index contributed by atoms with van der Waals surface area (Å²) in [4.78, 5) is 0. The molecule has 4 aromatic rings. The minimum Gasteiger partial charge on any atom is -0.134 e. The molecule has 0 spiro atoms. The van der Waals surface area contributed by atoms with Crippen LogP contribution in [0.3, 0.4) is 0 Å². The Balaban J connectivity index is 1.55. The summed E-state index contributed by atoms with van der Waals surface area (Å²) in [7, 11) is 0. The van der Waals surface area contributed by atoms with E-state index in [1.165, 1.54) is 84.6 Å². The quantitative estimate of drug-likeness (QED) is 0.256. The lowest BCUT2D eigenvalue weighted by atomic mass is 10.0. The standard InChI is InChI=1S/C22H23BrS2/c1-2-3-4-5-6-7-8-15-9-11-17-19(13-15)24-22-18-12-10-16(23)14-20(18)25-21(17)22/h9-14H,2-8H2,1H3. The van der Waals surface area contributed by atoms with E-state index in [1.807, 2.05) is 22.7 Å². The molecule has 25 heavy (non-hydrogen) atoms. The van der Waals surface area contributed by atoms with E-state index in [0.29, 0.717) is 0 Å². The second kappa shape index (κ2) is 7.77. The lowest BCUT2D eigenvalue weighted by molar-refractivity contribution is 0.607. The zero-order valence-electron chi connectivity index (χ0n) is 14.6. The highest BCUT2D eigenvalue weighted by Gasteiger charge is 2.12. The number of aryl methyl sites for hydroxylation is 1. The van der Waals surface area contributed by atoms with Crippen molar-refractivity contribution in [1.29, 1.82) is 0 Å². The van der Waals surface area contributed by atoms with Crippen LogP contribution in [0.25, 0.3) is 29.6 Å². The second-order valence-electron chi connectivity index (χ2n) is 6.85.